The van der Waals surface area contributed by atoms with Crippen LogP contribution in [0.25, 0.3) is 0 Å². The molecule has 5 atom stereocenters. The predicted molar refractivity (Wildman–Crippen MR) is 98.0 cm³/mol. The molecule has 164 valence electrons. The number of halogens is 3. The van der Waals surface area contributed by atoms with Crippen LogP contribution in [0.1, 0.15) is 26.1 Å². The molecule has 1 aromatic rings. The number of anilines is 1. The van der Waals surface area contributed by atoms with Gasteiger partial charge in [0, 0.05) is 38.3 Å². The Labute approximate surface area is 171 Å². The first-order chi connectivity index (χ1) is 14.3. The van der Waals surface area contributed by atoms with Crippen molar-refractivity contribution in [3.05, 3.63) is 17.8 Å². The zero-order chi connectivity index (χ0) is 21.2. The fourth-order valence-corrected chi connectivity index (χ4v) is 5.19. The van der Waals surface area contributed by atoms with Gasteiger partial charge in [0.1, 0.15) is 12.4 Å². The summed E-state index contributed by atoms with van der Waals surface area (Å²) in [5, 5.41) is 3.04. The number of likely N-dealkylation sites (tertiary alicyclic amines) is 1. The van der Waals surface area contributed by atoms with Crippen molar-refractivity contribution >= 4 is 11.9 Å². The van der Waals surface area contributed by atoms with E-state index in [4.69, 9.17) is 9.26 Å². The molecule has 5 aliphatic rings. The van der Waals surface area contributed by atoms with E-state index in [0.717, 1.165) is 26.2 Å². The van der Waals surface area contributed by atoms with Crippen molar-refractivity contribution in [2.45, 2.75) is 38.5 Å². The zero-order valence-electron chi connectivity index (χ0n) is 16.8. The molecule has 11 heteroatoms. The van der Waals surface area contributed by atoms with Crippen molar-refractivity contribution in [2.24, 2.45) is 17.8 Å². The molecular weight excluding hydrogens is 403 g/mol. The molecule has 1 aliphatic carbocycles. The van der Waals surface area contributed by atoms with Crippen LogP contribution >= 0.6 is 0 Å². The molecule has 1 aromatic heterocycles. The minimum Gasteiger partial charge on any atom is -0.493 e. The Morgan fingerprint density at radius 3 is 2.50 bits per heavy atom. The Morgan fingerprint density at radius 1 is 1.27 bits per heavy atom. The molecule has 1 amide bonds. The van der Waals surface area contributed by atoms with Gasteiger partial charge in [-0.3, -0.25) is 14.6 Å². The largest absolute Gasteiger partial charge is 0.493 e. The number of aromatic nitrogens is 2. The van der Waals surface area contributed by atoms with E-state index in [1.54, 1.807) is 11.1 Å². The van der Waals surface area contributed by atoms with Crippen molar-refractivity contribution in [1.82, 2.24) is 19.9 Å². The summed E-state index contributed by atoms with van der Waals surface area (Å²) in [4.78, 5) is 21.9. The maximum atomic E-state index is 12.8. The van der Waals surface area contributed by atoms with Gasteiger partial charge in [0.05, 0.1) is 12.1 Å². The summed E-state index contributed by atoms with van der Waals surface area (Å²) < 4.78 is 49.0. The van der Waals surface area contributed by atoms with Crippen molar-refractivity contribution < 1.29 is 27.2 Å². The lowest BCUT2D eigenvalue weighted by Gasteiger charge is -2.45. The van der Waals surface area contributed by atoms with E-state index < -0.39 is 12.0 Å². The molecule has 0 radical (unpaired) electrons. The molecule has 30 heavy (non-hydrogen) atoms. The van der Waals surface area contributed by atoms with Crippen LogP contribution in [0.5, 0.6) is 0 Å². The highest BCUT2D eigenvalue weighted by molar-refractivity contribution is 5.82. The van der Waals surface area contributed by atoms with Crippen LogP contribution in [0.3, 0.4) is 0 Å². The number of ether oxygens (including phenoxy) is 1. The molecule has 0 N–H and O–H groups in total. The highest BCUT2D eigenvalue weighted by Gasteiger charge is 2.61. The molecule has 1 saturated carbocycles. The van der Waals surface area contributed by atoms with E-state index in [9.17, 15) is 18.0 Å². The van der Waals surface area contributed by atoms with Crippen molar-refractivity contribution in [1.29, 1.82) is 0 Å². The van der Waals surface area contributed by atoms with Crippen LogP contribution in [-0.2, 0) is 15.7 Å². The number of rotatable bonds is 5. The van der Waals surface area contributed by atoms with Crippen LogP contribution in [0.15, 0.2) is 16.5 Å². The number of nitrogens with zero attached hydrogens (tertiary/aromatic N) is 5. The maximum Gasteiger partial charge on any atom is 0.455 e. The number of carbonyl (C=O) groups excluding carboxylic acids is 1. The summed E-state index contributed by atoms with van der Waals surface area (Å²) in [5.41, 5.74) is 0. The van der Waals surface area contributed by atoms with Crippen molar-refractivity contribution in [2.75, 3.05) is 37.7 Å². The molecule has 5 heterocycles. The molecule has 0 aromatic carbocycles. The van der Waals surface area contributed by atoms with Gasteiger partial charge in [-0.1, -0.05) is 0 Å². The third-order valence-electron chi connectivity index (χ3n) is 6.84. The van der Waals surface area contributed by atoms with Crippen LogP contribution < -0.4 is 4.90 Å². The number of alkyl halides is 3. The second-order valence-electron chi connectivity index (χ2n) is 8.37. The highest BCUT2D eigenvalue weighted by atomic mass is 19.4. The van der Waals surface area contributed by atoms with Gasteiger partial charge in [0.2, 0.25) is 5.91 Å². The molecule has 0 spiro atoms. The number of hydrogen-bond acceptors (Lipinski definition) is 7. The number of piperidine rings is 1. The lowest BCUT2D eigenvalue weighted by atomic mass is 9.96. The lowest BCUT2D eigenvalue weighted by Crippen LogP contribution is -2.53. The Bertz CT molecular complexity index is 856. The van der Waals surface area contributed by atoms with Gasteiger partial charge in [-0.2, -0.15) is 18.2 Å². The van der Waals surface area contributed by atoms with Crippen LogP contribution in [0, 0.1) is 17.8 Å². The minimum absolute atomic E-state index is 0.0713. The molecule has 4 aliphatic heterocycles. The van der Waals surface area contributed by atoms with Gasteiger partial charge < -0.3 is 14.2 Å². The molecule has 6 rings (SSSR count). The quantitative estimate of drug-likeness (QED) is 0.711. The second kappa shape index (κ2) is 6.86. The average molecular weight is 427 g/mol. The zero-order valence-corrected chi connectivity index (χ0v) is 16.8. The summed E-state index contributed by atoms with van der Waals surface area (Å²) in [6, 6.07) is -0.262. The van der Waals surface area contributed by atoms with Crippen molar-refractivity contribution in [3.63, 3.8) is 0 Å². The van der Waals surface area contributed by atoms with Crippen LogP contribution in [-0.4, -0.2) is 70.7 Å². The van der Waals surface area contributed by atoms with Gasteiger partial charge >= 0.3 is 12.2 Å². The van der Waals surface area contributed by atoms with E-state index in [2.05, 4.69) is 15.0 Å². The van der Waals surface area contributed by atoms with E-state index in [1.807, 2.05) is 18.7 Å². The molecule has 8 nitrogen and oxygen atoms in total. The first kappa shape index (κ1) is 19.7. The van der Waals surface area contributed by atoms with Gasteiger partial charge in [-0.05, 0) is 37.3 Å². The molecular formula is C19H24F3N5O3. The average Bonchev–Trinajstić information content (AvgIpc) is 3.10. The monoisotopic (exact) mass is 427 g/mol. The third kappa shape index (κ3) is 3.05. The van der Waals surface area contributed by atoms with E-state index >= 15 is 0 Å². The van der Waals surface area contributed by atoms with Gasteiger partial charge in [-0.15, -0.1) is 0 Å². The fraction of sp³-hybridized carbons (Fsp3) is 0.737. The first-order valence-corrected chi connectivity index (χ1v) is 10.4. The number of fused-ring (bicyclic) bond motifs is 4. The van der Waals surface area contributed by atoms with Gasteiger partial charge in [-0.25, -0.2) is 0 Å². The summed E-state index contributed by atoms with van der Waals surface area (Å²) in [5.74, 6) is 0.599. The second-order valence-corrected chi connectivity index (χ2v) is 8.37. The molecule has 3 unspecified atom stereocenters. The molecule has 2 bridgehead atoms. The number of amides is 1. The van der Waals surface area contributed by atoms with Crippen molar-refractivity contribution in [3.8, 4) is 0 Å². The number of hydrogen-bond donors (Lipinski definition) is 0. The Balaban J connectivity index is 1.25. The smallest absolute Gasteiger partial charge is 0.455 e. The summed E-state index contributed by atoms with van der Waals surface area (Å²) in [6.07, 6.45) is -2.25. The summed E-state index contributed by atoms with van der Waals surface area (Å²) in [6.45, 7) is 7.54. The molecule has 3 fully saturated rings. The van der Waals surface area contributed by atoms with E-state index in [0.29, 0.717) is 30.6 Å². The number of carbonyl (C=O) groups is 1. The summed E-state index contributed by atoms with van der Waals surface area (Å²) >= 11 is 0. The Morgan fingerprint density at radius 2 is 1.97 bits per heavy atom. The first-order valence-electron chi connectivity index (χ1n) is 10.4. The summed E-state index contributed by atoms with van der Waals surface area (Å²) in [7, 11) is 0. The minimum atomic E-state index is -4.64. The SMILES string of the molecule is CCN(CC)C(=O)C1[C@H]2CN(C3CC4COC3=CN4c3nc(C(F)(F)F)no3)C[C@@H]12. The fourth-order valence-electron chi connectivity index (χ4n) is 5.19. The predicted octanol–water partition coefficient (Wildman–Crippen LogP) is 1.95. The van der Waals surface area contributed by atoms with Gasteiger partial charge in [0.25, 0.3) is 5.82 Å². The third-order valence-corrected chi connectivity index (χ3v) is 6.84. The Kier molecular flexibility index (Phi) is 4.49. The van der Waals surface area contributed by atoms with E-state index in [-0.39, 0.29) is 29.9 Å². The lowest BCUT2D eigenvalue weighted by molar-refractivity contribution is -0.146. The van der Waals surface area contributed by atoms with E-state index in [1.165, 1.54) is 0 Å². The van der Waals surface area contributed by atoms with Crippen LogP contribution in [0.2, 0.25) is 0 Å². The Hall–Kier alpha value is -2.30. The van der Waals surface area contributed by atoms with Crippen LogP contribution in [0.4, 0.5) is 19.2 Å². The van der Waals surface area contributed by atoms with Gasteiger partial charge in [0.15, 0.2) is 0 Å². The molecule has 2 saturated heterocycles. The standard InChI is InChI=1S/C19H24F3N5O3/c1-3-25(4-2)16(28)15-11-6-26(7-12(11)15)13-5-10-9-29-14(13)8-27(10)18-23-17(24-30-18)19(20,21)22/h8,10-13,15H,3-7,9H2,1-2H3/t10?,11-,12+,13?,15?. The normalized spacial score (nSPS) is 32.6. The highest BCUT2D eigenvalue weighted by Crippen LogP contribution is 2.54. The maximum absolute atomic E-state index is 12.8. The topological polar surface area (TPSA) is 74.9 Å².